The molecule has 0 aromatic carbocycles. The Kier molecular flexibility index (Phi) is 63.8. The lowest BCUT2D eigenvalue weighted by atomic mass is 10.0. The summed E-state index contributed by atoms with van der Waals surface area (Å²) < 4.78 is 0. The first-order chi connectivity index (χ1) is 38.2. The van der Waals surface area contributed by atoms with Gasteiger partial charge in [-0.05, 0) is 109 Å². The maximum atomic E-state index is 12.5. The molecule has 2 unspecified atom stereocenters. The fourth-order valence-corrected chi connectivity index (χ4v) is 9.41. The topological polar surface area (TPSA) is 69.6 Å². The van der Waals surface area contributed by atoms with E-state index in [4.69, 9.17) is 0 Å². The highest BCUT2D eigenvalue weighted by molar-refractivity contribution is 5.76. The highest BCUT2D eigenvalue weighted by Gasteiger charge is 2.18. The van der Waals surface area contributed by atoms with Gasteiger partial charge < -0.3 is 15.5 Å². The molecule has 0 radical (unpaired) electrons. The van der Waals surface area contributed by atoms with Gasteiger partial charge >= 0.3 is 0 Å². The lowest BCUT2D eigenvalue weighted by molar-refractivity contribution is -0.123. The quantitative estimate of drug-likeness (QED) is 0.0420. The third-order valence-corrected chi connectivity index (χ3v) is 14.3. The molecule has 4 heteroatoms. The van der Waals surface area contributed by atoms with Crippen LogP contribution in [0.5, 0.6) is 0 Å². The van der Waals surface area contributed by atoms with Crippen LogP contribution >= 0.6 is 0 Å². The Labute approximate surface area is 479 Å². The largest absolute Gasteiger partial charge is 0.394 e. The molecule has 2 atom stereocenters. The molecule has 0 bridgehead atoms. The number of aliphatic hydroxyl groups excluding tert-OH is 2. The van der Waals surface area contributed by atoms with E-state index < -0.39 is 12.1 Å². The maximum Gasteiger partial charge on any atom is 0.220 e. The molecule has 0 saturated heterocycles. The summed E-state index contributed by atoms with van der Waals surface area (Å²) in [4.78, 5) is 12.5. The van der Waals surface area contributed by atoms with Gasteiger partial charge in [0.05, 0.1) is 18.8 Å². The number of hydrogen-bond acceptors (Lipinski definition) is 3. The van der Waals surface area contributed by atoms with Crippen LogP contribution < -0.4 is 5.32 Å². The Balaban J connectivity index is 3.59. The van der Waals surface area contributed by atoms with E-state index in [1.165, 1.54) is 193 Å². The average Bonchev–Trinajstić information content (AvgIpc) is 3.43. The molecule has 0 heterocycles. The second-order valence-electron chi connectivity index (χ2n) is 21.8. The SMILES string of the molecule is CC/C=C\C/C=C\C/C=C\C/C=C\C/C=C\C/C=C\C/C=C\C/C=C\CCCCCCCCCCCCCCC(=O)NC(CO)C(O)/C=C/CC/C=C/CC/C=C/CCCCCCCCCCCCCCCCCCCC. The highest BCUT2D eigenvalue weighted by atomic mass is 16.3. The number of hydrogen-bond donors (Lipinski definition) is 3. The Morgan fingerprint density at radius 3 is 0.909 bits per heavy atom. The zero-order valence-electron chi connectivity index (χ0n) is 50.7. The lowest BCUT2D eigenvalue weighted by Gasteiger charge is -2.19. The Morgan fingerprint density at radius 1 is 0.325 bits per heavy atom. The van der Waals surface area contributed by atoms with Crippen molar-refractivity contribution in [3.8, 4) is 0 Å². The molecule has 440 valence electrons. The van der Waals surface area contributed by atoms with E-state index in [0.29, 0.717) is 6.42 Å². The summed E-state index contributed by atoms with van der Waals surface area (Å²) in [7, 11) is 0. The van der Waals surface area contributed by atoms with Crippen LogP contribution in [0.3, 0.4) is 0 Å². The van der Waals surface area contributed by atoms with Crippen LogP contribution in [-0.2, 0) is 4.79 Å². The molecule has 0 aliphatic carbocycles. The van der Waals surface area contributed by atoms with Gasteiger partial charge in [-0.2, -0.15) is 0 Å². The number of carbonyl (C=O) groups is 1. The second-order valence-corrected chi connectivity index (χ2v) is 21.8. The molecule has 1 amide bonds. The van der Waals surface area contributed by atoms with Crippen LogP contribution in [0.15, 0.2) is 134 Å². The molecule has 0 saturated carbocycles. The molecule has 0 spiro atoms. The first-order valence-electron chi connectivity index (χ1n) is 32.9. The predicted molar refractivity (Wildman–Crippen MR) is 345 cm³/mol. The van der Waals surface area contributed by atoms with E-state index in [9.17, 15) is 15.0 Å². The summed E-state index contributed by atoms with van der Waals surface area (Å²) in [5, 5.41) is 23.2. The fraction of sp³-hybridized carbons (Fsp3) is 0.685. The van der Waals surface area contributed by atoms with E-state index in [1.54, 1.807) is 6.08 Å². The number of aliphatic hydroxyl groups is 2. The maximum absolute atomic E-state index is 12.5. The molecule has 0 aromatic rings. The number of nitrogens with one attached hydrogen (secondary N) is 1. The Morgan fingerprint density at radius 2 is 0.584 bits per heavy atom. The summed E-state index contributed by atoms with van der Waals surface area (Å²) in [6.45, 7) is 4.19. The van der Waals surface area contributed by atoms with Crippen LogP contribution in [0.25, 0.3) is 0 Å². The zero-order chi connectivity index (χ0) is 55.5. The van der Waals surface area contributed by atoms with Crippen LogP contribution in [-0.4, -0.2) is 34.9 Å². The molecule has 0 aromatic heterocycles. The Bertz CT molecular complexity index is 1540. The van der Waals surface area contributed by atoms with Crippen molar-refractivity contribution >= 4 is 5.91 Å². The van der Waals surface area contributed by atoms with Gasteiger partial charge in [-0.3, -0.25) is 4.79 Å². The van der Waals surface area contributed by atoms with Gasteiger partial charge in [-0.25, -0.2) is 0 Å². The molecular weight excluding hydrogens is 939 g/mol. The molecule has 77 heavy (non-hydrogen) atoms. The molecule has 0 aliphatic heterocycles. The van der Waals surface area contributed by atoms with Gasteiger partial charge in [0.2, 0.25) is 5.91 Å². The number of amides is 1. The van der Waals surface area contributed by atoms with E-state index in [1.807, 2.05) is 6.08 Å². The van der Waals surface area contributed by atoms with Crippen molar-refractivity contribution in [3.63, 3.8) is 0 Å². The summed E-state index contributed by atoms with van der Waals surface area (Å²) in [5.41, 5.74) is 0. The van der Waals surface area contributed by atoms with Crippen molar-refractivity contribution in [2.45, 2.75) is 315 Å². The zero-order valence-corrected chi connectivity index (χ0v) is 50.7. The first kappa shape index (κ1) is 73.5. The molecule has 4 nitrogen and oxygen atoms in total. The lowest BCUT2D eigenvalue weighted by Crippen LogP contribution is -2.45. The molecule has 0 aliphatic rings. The van der Waals surface area contributed by atoms with Gasteiger partial charge in [0.25, 0.3) is 0 Å². The number of rotatable bonds is 59. The Hall–Kier alpha value is -3.47. The standard InChI is InChI=1S/C73H125NO3/c1-3-5-7-9-11-13-15-17-19-21-23-25-27-29-31-33-34-35-36-37-38-39-40-41-43-45-47-49-51-53-55-57-59-61-63-65-67-69-73(77)74-71(70-75)72(76)68-66-64-62-60-58-56-54-52-50-48-46-44-42-32-30-28-26-24-22-20-18-16-14-12-10-8-6-4-2/h5,7,11,13,17,19,23,25,29,31,34-35,37-38,40-41,50,52,58,60,66,68,71-72,75-76H,3-4,6,8-10,12,14-16,18,20-22,24,26-28,30,32-33,36,39,42-49,51,53-57,59,61-65,67,69-70H2,1-2H3,(H,74,77)/b7-5-,13-11-,19-17-,25-23-,31-29-,35-34-,38-37-,41-40-,52-50+,60-58+,68-66+. The van der Waals surface area contributed by atoms with Gasteiger partial charge in [0.15, 0.2) is 0 Å². The van der Waals surface area contributed by atoms with Crippen molar-refractivity contribution < 1.29 is 15.0 Å². The van der Waals surface area contributed by atoms with Crippen LogP contribution in [0.4, 0.5) is 0 Å². The third-order valence-electron chi connectivity index (χ3n) is 14.3. The van der Waals surface area contributed by atoms with Crippen LogP contribution in [0.1, 0.15) is 303 Å². The fourth-order valence-electron chi connectivity index (χ4n) is 9.41. The van der Waals surface area contributed by atoms with Gasteiger partial charge in [-0.15, -0.1) is 0 Å². The normalized spacial score (nSPS) is 13.7. The molecule has 0 rings (SSSR count). The van der Waals surface area contributed by atoms with Crippen LogP contribution in [0, 0.1) is 0 Å². The van der Waals surface area contributed by atoms with Crippen molar-refractivity contribution in [3.05, 3.63) is 134 Å². The van der Waals surface area contributed by atoms with Crippen molar-refractivity contribution in [1.29, 1.82) is 0 Å². The molecular formula is C73H125NO3. The molecule has 0 fully saturated rings. The van der Waals surface area contributed by atoms with E-state index in [0.717, 1.165) is 89.9 Å². The summed E-state index contributed by atoms with van der Waals surface area (Å²) in [5.74, 6) is -0.0829. The number of carbonyl (C=O) groups excluding carboxylic acids is 1. The summed E-state index contributed by atoms with van der Waals surface area (Å²) in [6.07, 6.45) is 104. The van der Waals surface area contributed by atoms with E-state index in [-0.39, 0.29) is 12.5 Å². The van der Waals surface area contributed by atoms with E-state index >= 15 is 0 Å². The second kappa shape index (κ2) is 66.8. The smallest absolute Gasteiger partial charge is 0.220 e. The van der Waals surface area contributed by atoms with Gasteiger partial charge in [0, 0.05) is 6.42 Å². The minimum absolute atomic E-state index is 0.0829. The van der Waals surface area contributed by atoms with Crippen molar-refractivity contribution in [2.75, 3.05) is 6.61 Å². The third kappa shape index (κ3) is 63.2. The highest BCUT2D eigenvalue weighted by Crippen LogP contribution is 2.16. The summed E-state index contributed by atoms with van der Waals surface area (Å²) in [6, 6.07) is -0.657. The van der Waals surface area contributed by atoms with E-state index in [2.05, 4.69) is 141 Å². The minimum atomic E-state index is -0.881. The van der Waals surface area contributed by atoms with Gasteiger partial charge in [-0.1, -0.05) is 321 Å². The summed E-state index contributed by atoms with van der Waals surface area (Å²) >= 11 is 0. The monoisotopic (exact) mass is 1060 g/mol. The minimum Gasteiger partial charge on any atom is -0.394 e. The van der Waals surface area contributed by atoms with Crippen molar-refractivity contribution in [2.24, 2.45) is 0 Å². The van der Waals surface area contributed by atoms with Gasteiger partial charge in [0.1, 0.15) is 0 Å². The predicted octanol–water partition coefficient (Wildman–Crippen LogP) is 22.5. The van der Waals surface area contributed by atoms with Crippen LogP contribution in [0.2, 0.25) is 0 Å². The van der Waals surface area contributed by atoms with Crippen molar-refractivity contribution in [1.82, 2.24) is 5.32 Å². The first-order valence-corrected chi connectivity index (χ1v) is 32.9. The number of allylic oxidation sites excluding steroid dienone is 21. The molecule has 3 N–H and O–H groups in total. The average molecular weight is 1060 g/mol. The number of unbranched alkanes of at least 4 members (excludes halogenated alkanes) is 32.